The maximum atomic E-state index is 10.5. The number of β-amino-alcohol motifs (C(OH)–C–C–N with tert-alkyl or cyclic N) is 1. The normalized spacial score (nSPS) is 20.3. The van der Waals surface area contributed by atoms with Crippen LogP contribution in [0.25, 0.3) is 0 Å². The molecule has 0 aliphatic carbocycles. The van der Waals surface area contributed by atoms with Gasteiger partial charge in [-0.2, -0.15) is 0 Å². The molecule has 118 valence electrons. The van der Waals surface area contributed by atoms with E-state index in [4.69, 9.17) is 5.11 Å². The molecule has 2 heterocycles. The fourth-order valence-electron chi connectivity index (χ4n) is 2.68. The highest BCUT2D eigenvalue weighted by atomic mass is 32.1. The van der Waals surface area contributed by atoms with Gasteiger partial charge in [-0.15, -0.1) is 11.3 Å². The summed E-state index contributed by atoms with van der Waals surface area (Å²) in [6.45, 7) is 2.07. The number of piperidine rings is 1. The van der Waals surface area contributed by atoms with Crippen LogP contribution in [0.1, 0.15) is 24.3 Å². The van der Waals surface area contributed by atoms with Gasteiger partial charge < -0.3 is 20.2 Å². The Morgan fingerprint density at radius 2 is 2.10 bits per heavy atom. The van der Waals surface area contributed by atoms with E-state index in [1.54, 1.807) is 11.3 Å². The number of hydrogen-bond acceptors (Lipinski definition) is 6. The smallest absolute Gasteiger partial charge is 0.306 e. The minimum atomic E-state index is -1.20. The zero-order valence-electron chi connectivity index (χ0n) is 11.9. The number of hydrogen-bond donors (Lipinski definition) is 3. The molecule has 0 aromatic carbocycles. The average Bonchev–Trinajstić information content (AvgIpc) is 2.93. The Bertz CT molecular complexity index is 432. The Kier molecular flexibility index (Phi) is 6.10. The molecule has 1 aliphatic rings. The maximum absolute atomic E-state index is 10.5. The topological polar surface area (TPSA) is 93.9 Å². The number of carbonyl (C=O) groups is 1. The van der Waals surface area contributed by atoms with Gasteiger partial charge in [0.1, 0.15) is 0 Å². The lowest BCUT2D eigenvalue weighted by Crippen LogP contribution is -2.43. The first-order valence-corrected chi connectivity index (χ1v) is 8.11. The molecule has 21 heavy (non-hydrogen) atoms. The van der Waals surface area contributed by atoms with Crippen LogP contribution in [0.3, 0.4) is 0 Å². The predicted octanol–water partition coefficient (Wildman–Crippen LogP) is 0.594. The van der Waals surface area contributed by atoms with Gasteiger partial charge in [-0.3, -0.25) is 4.79 Å². The first kappa shape index (κ1) is 16.4. The number of nitrogens with zero attached hydrogens (tertiary/aromatic N) is 2. The van der Waals surface area contributed by atoms with E-state index in [1.165, 1.54) is 5.01 Å². The molecule has 1 saturated heterocycles. The summed E-state index contributed by atoms with van der Waals surface area (Å²) in [4.78, 5) is 16.9. The number of carboxylic acids is 1. The lowest BCUT2D eigenvalue weighted by atomic mass is 9.93. The van der Waals surface area contributed by atoms with Crippen LogP contribution in [-0.4, -0.2) is 63.0 Å². The number of thiazole rings is 1. The molecule has 0 amide bonds. The Balaban J connectivity index is 1.70. The van der Waals surface area contributed by atoms with Crippen LogP contribution in [0.2, 0.25) is 0 Å². The Morgan fingerprint density at radius 3 is 2.67 bits per heavy atom. The van der Waals surface area contributed by atoms with Crippen molar-refractivity contribution in [2.45, 2.75) is 37.9 Å². The summed E-state index contributed by atoms with van der Waals surface area (Å²) in [5.41, 5.74) is 0. The standard InChI is InChI=1S/C14H22N2O4S/c17-11(8-14(19)20)12(18)9-16-4-1-10(2-5-16)7-13-15-3-6-21-13/h3,6,10-12,17-18H,1-2,4-5,7-9H2,(H,19,20)/t11-,12?/m0/s1. The van der Waals surface area contributed by atoms with Gasteiger partial charge in [0.05, 0.1) is 23.6 Å². The van der Waals surface area contributed by atoms with Crippen molar-refractivity contribution in [3.05, 3.63) is 16.6 Å². The van der Waals surface area contributed by atoms with Crippen LogP contribution >= 0.6 is 11.3 Å². The molecule has 0 radical (unpaired) electrons. The van der Waals surface area contributed by atoms with E-state index in [-0.39, 0.29) is 0 Å². The van der Waals surface area contributed by atoms with Crippen molar-refractivity contribution in [1.82, 2.24) is 9.88 Å². The third-order valence-electron chi connectivity index (χ3n) is 3.93. The van der Waals surface area contributed by atoms with Gasteiger partial charge in [-0.05, 0) is 31.8 Å². The summed E-state index contributed by atoms with van der Waals surface area (Å²) in [5, 5.41) is 31.2. The molecule has 1 aliphatic heterocycles. The number of aliphatic hydroxyl groups is 2. The molecule has 7 heteroatoms. The molecule has 3 N–H and O–H groups in total. The zero-order chi connectivity index (χ0) is 15.2. The number of aliphatic hydroxyl groups excluding tert-OH is 2. The molecule has 1 aromatic heterocycles. The molecular formula is C14H22N2O4S. The minimum Gasteiger partial charge on any atom is -0.481 e. The molecule has 0 bridgehead atoms. The number of aliphatic carboxylic acids is 1. The molecule has 1 unspecified atom stereocenters. The van der Waals surface area contributed by atoms with Crippen LogP contribution < -0.4 is 0 Å². The highest BCUT2D eigenvalue weighted by Gasteiger charge is 2.25. The Hall–Kier alpha value is -1.02. The molecular weight excluding hydrogens is 292 g/mol. The zero-order valence-corrected chi connectivity index (χ0v) is 12.7. The minimum absolute atomic E-state index is 0.332. The van der Waals surface area contributed by atoms with Crippen LogP contribution in [-0.2, 0) is 11.2 Å². The van der Waals surface area contributed by atoms with Crippen LogP contribution in [0.4, 0.5) is 0 Å². The largest absolute Gasteiger partial charge is 0.481 e. The number of rotatable bonds is 7. The lowest BCUT2D eigenvalue weighted by Gasteiger charge is -2.33. The van der Waals surface area contributed by atoms with Gasteiger partial charge in [0, 0.05) is 24.5 Å². The summed E-state index contributed by atoms with van der Waals surface area (Å²) < 4.78 is 0. The lowest BCUT2D eigenvalue weighted by molar-refractivity contribution is -0.141. The third-order valence-corrected chi connectivity index (χ3v) is 4.73. The van der Waals surface area contributed by atoms with Gasteiger partial charge in [0.15, 0.2) is 0 Å². The first-order valence-electron chi connectivity index (χ1n) is 7.23. The second-order valence-corrected chi connectivity index (χ2v) is 6.59. The van der Waals surface area contributed by atoms with Crippen LogP contribution in [0, 0.1) is 5.92 Å². The van der Waals surface area contributed by atoms with Crippen molar-refractivity contribution in [2.24, 2.45) is 5.92 Å². The second-order valence-electron chi connectivity index (χ2n) is 5.61. The van der Waals surface area contributed by atoms with E-state index in [2.05, 4.69) is 9.88 Å². The van der Waals surface area contributed by atoms with Crippen molar-refractivity contribution in [1.29, 1.82) is 0 Å². The first-order chi connectivity index (χ1) is 10.0. The van der Waals surface area contributed by atoms with E-state index >= 15 is 0 Å². The molecule has 0 saturated carbocycles. The summed E-state index contributed by atoms with van der Waals surface area (Å²) in [6.07, 6.45) is 2.31. The van der Waals surface area contributed by atoms with Gasteiger partial charge >= 0.3 is 5.97 Å². The molecule has 2 atom stereocenters. The van der Waals surface area contributed by atoms with Gasteiger partial charge in [-0.1, -0.05) is 0 Å². The van der Waals surface area contributed by atoms with Crippen molar-refractivity contribution in [2.75, 3.05) is 19.6 Å². The molecule has 6 nitrogen and oxygen atoms in total. The number of likely N-dealkylation sites (tertiary alicyclic amines) is 1. The summed E-state index contributed by atoms with van der Waals surface area (Å²) in [7, 11) is 0. The van der Waals surface area contributed by atoms with Gasteiger partial charge in [0.25, 0.3) is 0 Å². The quantitative estimate of drug-likeness (QED) is 0.682. The highest BCUT2D eigenvalue weighted by Crippen LogP contribution is 2.22. The van der Waals surface area contributed by atoms with Crippen molar-refractivity contribution < 1.29 is 20.1 Å². The Labute approximate surface area is 128 Å². The fraction of sp³-hybridized carbons (Fsp3) is 0.714. The second kappa shape index (κ2) is 7.84. The average molecular weight is 314 g/mol. The van der Waals surface area contributed by atoms with Crippen LogP contribution in [0.15, 0.2) is 11.6 Å². The third kappa shape index (κ3) is 5.35. The van der Waals surface area contributed by atoms with E-state index in [0.29, 0.717) is 12.5 Å². The Morgan fingerprint density at radius 1 is 1.38 bits per heavy atom. The van der Waals surface area contributed by atoms with E-state index in [1.807, 2.05) is 11.6 Å². The van der Waals surface area contributed by atoms with Crippen LogP contribution in [0.5, 0.6) is 0 Å². The maximum Gasteiger partial charge on any atom is 0.306 e. The number of aromatic nitrogens is 1. The fourth-order valence-corrected chi connectivity index (χ4v) is 3.41. The summed E-state index contributed by atoms with van der Waals surface area (Å²) in [6, 6.07) is 0. The summed E-state index contributed by atoms with van der Waals surface area (Å²) in [5.74, 6) is -0.475. The highest BCUT2D eigenvalue weighted by molar-refractivity contribution is 7.09. The predicted molar refractivity (Wildman–Crippen MR) is 79.2 cm³/mol. The van der Waals surface area contributed by atoms with E-state index in [9.17, 15) is 15.0 Å². The summed E-state index contributed by atoms with van der Waals surface area (Å²) >= 11 is 1.68. The number of carboxylic acid groups (broad SMARTS) is 1. The van der Waals surface area contributed by atoms with Crippen molar-refractivity contribution in [3.8, 4) is 0 Å². The van der Waals surface area contributed by atoms with Crippen molar-refractivity contribution in [3.63, 3.8) is 0 Å². The van der Waals surface area contributed by atoms with Gasteiger partial charge in [-0.25, -0.2) is 4.98 Å². The molecule has 0 spiro atoms. The van der Waals surface area contributed by atoms with E-state index < -0.39 is 24.6 Å². The van der Waals surface area contributed by atoms with Crippen molar-refractivity contribution >= 4 is 17.3 Å². The van der Waals surface area contributed by atoms with E-state index in [0.717, 1.165) is 32.4 Å². The monoisotopic (exact) mass is 314 g/mol. The SMILES string of the molecule is O=C(O)C[C@H](O)C(O)CN1CCC(Cc2nccs2)CC1. The molecule has 1 fully saturated rings. The molecule has 2 rings (SSSR count). The molecule has 1 aromatic rings. The van der Waals surface area contributed by atoms with Gasteiger partial charge in [0.2, 0.25) is 0 Å².